The van der Waals surface area contributed by atoms with Gasteiger partial charge in [0, 0.05) is 11.9 Å². The van der Waals surface area contributed by atoms with Crippen LogP contribution in [0.25, 0.3) is 0 Å². The summed E-state index contributed by atoms with van der Waals surface area (Å²) in [5.41, 5.74) is 0.0873. The SMILES string of the molecule is CCNCc1nc(COc2ccc(C(F)(F)F)cc2)cs1. The maximum absolute atomic E-state index is 12.4. The van der Waals surface area contributed by atoms with Crippen molar-refractivity contribution < 1.29 is 17.9 Å². The van der Waals surface area contributed by atoms with Crippen molar-refractivity contribution in [3.8, 4) is 5.75 Å². The Bertz CT molecular complexity index is 566. The Balaban J connectivity index is 1.89. The molecule has 1 aromatic heterocycles. The van der Waals surface area contributed by atoms with E-state index in [1.54, 1.807) is 0 Å². The Morgan fingerprint density at radius 3 is 2.57 bits per heavy atom. The fraction of sp³-hybridized carbons (Fsp3) is 0.357. The van der Waals surface area contributed by atoms with Crippen molar-refractivity contribution in [1.29, 1.82) is 0 Å². The molecule has 0 aliphatic carbocycles. The molecule has 21 heavy (non-hydrogen) atoms. The van der Waals surface area contributed by atoms with Crippen molar-refractivity contribution in [3.05, 3.63) is 45.9 Å². The fourth-order valence-electron chi connectivity index (χ4n) is 1.63. The van der Waals surface area contributed by atoms with Gasteiger partial charge >= 0.3 is 6.18 Å². The lowest BCUT2D eigenvalue weighted by Crippen LogP contribution is -2.11. The molecule has 114 valence electrons. The van der Waals surface area contributed by atoms with Crippen molar-refractivity contribution in [2.45, 2.75) is 26.3 Å². The maximum atomic E-state index is 12.4. The van der Waals surface area contributed by atoms with E-state index < -0.39 is 11.7 Å². The van der Waals surface area contributed by atoms with Gasteiger partial charge in [0.25, 0.3) is 0 Å². The van der Waals surface area contributed by atoms with Gasteiger partial charge in [0.2, 0.25) is 0 Å². The minimum absolute atomic E-state index is 0.244. The molecular weight excluding hydrogens is 301 g/mol. The summed E-state index contributed by atoms with van der Waals surface area (Å²) in [4.78, 5) is 4.37. The molecule has 0 saturated carbocycles. The molecule has 2 rings (SSSR count). The van der Waals surface area contributed by atoms with E-state index in [0.29, 0.717) is 12.3 Å². The first kappa shape index (κ1) is 15.8. The molecule has 0 atom stereocenters. The molecule has 0 amide bonds. The number of nitrogens with one attached hydrogen (secondary N) is 1. The van der Waals surface area contributed by atoms with Crippen LogP contribution in [0.2, 0.25) is 0 Å². The van der Waals surface area contributed by atoms with E-state index in [1.807, 2.05) is 12.3 Å². The topological polar surface area (TPSA) is 34.2 Å². The summed E-state index contributed by atoms with van der Waals surface area (Å²) in [6.45, 7) is 3.84. The van der Waals surface area contributed by atoms with E-state index in [2.05, 4.69) is 10.3 Å². The number of halogens is 3. The second-order valence-corrected chi connectivity index (χ2v) is 5.27. The number of benzene rings is 1. The van der Waals surface area contributed by atoms with Gasteiger partial charge in [0.15, 0.2) is 0 Å². The van der Waals surface area contributed by atoms with Gasteiger partial charge in [-0.05, 0) is 30.8 Å². The summed E-state index contributed by atoms with van der Waals surface area (Å²) in [5, 5.41) is 6.02. The Kier molecular flexibility index (Phi) is 5.19. The first-order valence-corrected chi connectivity index (χ1v) is 7.31. The van der Waals surface area contributed by atoms with Gasteiger partial charge in [0.1, 0.15) is 17.4 Å². The predicted molar refractivity (Wildman–Crippen MR) is 75.3 cm³/mol. The van der Waals surface area contributed by atoms with Crippen LogP contribution in [0, 0.1) is 0 Å². The molecule has 0 aliphatic heterocycles. The Hall–Kier alpha value is -1.60. The zero-order valence-corrected chi connectivity index (χ0v) is 12.2. The highest BCUT2D eigenvalue weighted by Crippen LogP contribution is 2.30. The van der Waals surface area contributed by atoms with E-state index in [1.165, 1.54) is 23.5 Å². The summed E-state index contributed by atoms with van der Waals surface area (Å²) in [7, 11) is 0. The first-order chi connectivity index (χ1) is 9.99. The van der Waals surface area contributed by atoms with Gasteiger partial charge in [-0.2, -0.15) is 13.2 Å². The number of nitrogens with zero attached hydrogens (tertiary/aromatic N) is 1. The molecule has 7 heteroatoms. The molecule has 1 N–H and O–H groups in total. The number of rotatable bonds is 6. The summed E-state index contributed by atoms with van der Waals surface area (Å²) >= 11 is 1.53. The van der Waals surface area contributed by atoms with E-state index in [9.17, 15) is 13.2 Å². The number of hydrogen-bond donors (Lipinski definition) is 1. The van der Waals surface area contributed by atoms with E-state index >= 15 is 0 Å². The minimum Gasteiger partial charge on any atom is -0.487 e. The molecule has 0 fully saturated rings. The lowest BCUT2D eigenvalue weighted by atomic mass is 10.2. The van der Waals surface area contributed by atoms with Crippen LogP contribution >= 0.6 is 11.3 Å². The lowest BCUT2D eigenvalue weighted by molar-refractivity contribution is -0.137. The van der Waals surface area contributed by atoms with Crippen LogP contribution in [-0.2, 0) is 19.3 Å². The minimum atomic E-state index is -4.32. The normalized spacial score (nSPS) is 11.6. The second kappa shape index (κ2) is 6.91. The van der Waals surface area contributed by atoms with Gasteiger partial charge in [-0.25, -0.2) is 4.98 Å². The number of ether oxygens (including phenoxy) is 1. The third kappa shape index (κ3) is 4.71. The van der Waals surface area contributed by atoms with Crippen LogP contribution in [-0.4, -0.2) is 11.5 Å². The van der Waals surface area contributed by atoms with Gasteiger partial charge in [-0.3, -0.25) is 0 Å². The zero-order chi connectivity index (χ0) is 15.3. The smallest absolute Gasteiger partial charge is 0.416 e. The van der Waals surface area contributed by atoms with Gasteiger partial charge in [-0.15, -0.1) is 11.3 Å². The standard InChI is InChI=1S/C14H15F3N2OS/c1-2-18-7-13-19-11(9-21-13)8-20-12-5-3-10(4-6-12)14(15,16)17/h3-6,9,18H,2,7-8H2,1H3. The number of hydrogen-bond acceptors (Lipinski definition) is 4. The van der Waals surface area contributed by atoms with Gasteiger partial charge in [0.05, 0.1) is 11.3 Å². The van der Waals surface area contributed by atoms with Crippen molar-refractivity contribution >= 4 is 11.3 Å². The van der Waals surface area contributed by atoms with Crippen molar-refractivity contribution in [3.63, 3.8) is 0 Å². The Labute approximate surface area is 124 Å². The van der Waals surface area contributed by atoms with Crippen LogP contribution < -0.4 is 10.1 Å². The van der Waals surface area contributed by atoms with Crippen LogP contribution in [0.15, 0.2) is 29.6 Å². The first-order valence-electron chi connectivity index (χ1n) is 6.43. The summed E-state index contributed by atoms with van der Waals surface area (Å²) in [6, 6.07) is 4.64. The van der Waals surface area contributed by atoms with E-state index in [-0.39, 0.29) is 6.61 Å². The van der Waals surface area contributed by atoms with Gasteiger partial charge in [-0.1, -0.05) is 6.92 Å². The van der Waals surface area contributed by atoms with E-state index in [0.717, 1.165) is 29.4 Å². The zero-order valence-electron chi connectivity index (χ0n) is 11.4. The van der Waals surface area contributed by atoms with Crippen LogP contribution in [0.3, 0.4) is 0 Å². The molecule has 1 aromatic carbocycles. The summed E-state index contributed by atoms with van der Waals surface area (Å²) in [5.74, 6) is 0.393. The van der Waals surface area contributed by atoms with Gasteiger partial charge < -0.3 is 10.1 Å². The Morgan fingerprint density at radius 2 is 1.95 bits per heavy atom. The quantitative estimate of drug-likeness (QED) is 0.879. The molecule has 0 unspecified atom stereocenters. The van der Waals surface area contributed by atoms with Crippen LogP contribution in [0.4, 0.5) is 13.2 Å². The average Bonchev–Trinajstić information content (AvgIpc) is 2.90. The van der Waals surface area contributed by atoms with Crippen molar-refractivity contribution in [1.82, 2.24) is 10.3 Å². The van der Waals surface area contributed by atoms with Crippen LogP contribution in [0.1, 0.15) is 23.2 Å². The number of thiazole rings is 1. The molecule has 0 bridgehead atoms. The highest BCUT2D eigenvalue weighted by Gasteiger charge is 2.29. The number of aromatic nitrogens is 1. The second-order valence-electron chi connectivity index (χ2n) is 4.32. The van der Waals surface area contributed by atoms with Crippen molar-refractivity contribution in [2.24, 2.45) is 0 Å². The highest BCUT2D eigenvalue weighted by atomic mass is 32.1. The lowest BCUT2D eigenvalue weighted by Gasteiger charge is -2.08. The molecule has 0 aliphatic rings. The van der Waals surface area contributed by atoms with Crippen LogP contribution in [0.5, 0.6) is 5.75 Å². The molecule has 0 saturated heterocycles. The van der Waals surface area contributed by atoms with Crippen molar-refractivity contribution in [2.75, 3.05) is 6.54 Å². The molecule has 0 spiro atoms. The average molecular weight is 316 g/mol. The largest absolute Gasteiger partial charge is 0.487 e. The predicted octanol–water partition coefficient (Wildman–Crippen LogP) is 3.85. The molecule has 0 radical (unpaired) electrons. The van der Waals surface area contributed by atoms with E-state index in [4.69, 9.17) is 4.74 Å². The Morgan fingerprint density at radius 1 is 1.24 bits per heavy atom. The third-order valence-corrected chi connectivity index (χ3v) is 3.59. The summed E-state index contributed by atoms with van der Waals surface area (Å²) < 4.78 is 42.7. The molecule has 3 nitrogen and oxygen atoms in total. The molecular formula is C14H15F3N2OS. The molecule has 2 aromatic rings. The maximum Gasteiger partial charge on any atom is 0.416 e. The third-order valence-electron chi connectivity index (χ3n) is 2.69. The summed E-state index contributed by atoms with van der Waals surface area (Å²) in [6.07, 6.45) is -4.32. The monoisotopic (exact) mass is 316 g/mol. The number of alkyl halides is 3. The fourth-order valence-corrected chi connectivity index (χ4v) is 2.37. The molecule has 1 heterocycles. The highest BCUT2D eigenvalue weighted by molar-refractivity contribution is 7.09.